The lowest BCUT2D eigenvalue weighted by Crippen LogP contribution is -2.47. The largest absolute Gasteiger partial charge is 0.339 e. The average Bonchev–Trinajstić information content (AvgIpc) is 3.12. The van der Waals surface area contributed by atoms with Gasteiger partial charge < -0.3 is 4.90 Å². The fourth-order valence-corrected chi connectivity index (χ4v) is 6.09. The molecule has 2 aliphatic rings. The summed E-state index contributed by atoms with van der Waals surface area (Å²) in [5.74, 6) is 0.294. The van der Waals surface area contributed by atoms with E-state index in [4.69, 9.17) is 0 Å². The van der Waals surface area contributed by atoms with Crippen LogP contribution < -0.4 is 4.72 Å². The maximum absolute atomic E-state index is 13.1. The molecular formula is C21H31BrN2O3S. The molecule has 1 atom stereocenters. The molecule has 0 aromatic heterocycles. The Morgan fingerprint density at radius 1 is 1.07 bits per heavy atom. The molecule has 0 bridgehead atoms. The van der Waals surface area contributed by atoms with Crippen LogP contribution in [0.5, 0.6) is 0 Å². The molecule has 1 saturated carbocycles. The van der Waals surface area contributed by atoms with Gasteiger partial charge in [0.2, 0.25) is 15.9 Å². The molecule has 1 saturated heterocycles. The predicted molar refractivity (Wildman–Crippen MR) is 114 cm³/mol. The van der Waals surface area contributed by atoms with E-state index in [2.05, 4.69) is 46.3 Å². The molecule has 2 fully saturated rings. The van der Waals surface area contributed by atoms with E-state index in [1.165, 1.54) is 0 Å². The van der Waals surface area contributed by atoms with Crippen LogP contribution in [0.2, 0.25) is 0 Å². The van der Waals surface area contributed by atoms with E-state index in [0.717, 1.165) is 36.7 Å². The summed E-state index contributed by atoms with van der Waals surface area (Å²) in [4.78, 5) is 15.5. The Balaban J connectivity index is 1.57. The summed E-state index contributed by atoms with van der Waals surface area (Å²) in [5, 5.41) is 0. The third-order valence-electron chi connectivity index (χ3n) is 6.06. The van der Waals surface area contributed by atoms with Crippen molar-refractivity contribution in [3.05, 3.63) is 28.7 Å². The van der Waals surface area contributed by atoms with Gasteiger partial charge in [0.15, 0.2) is 0 Å². The summed E-state index contributed by atoms with van der Waals surface area (Å²) in [5.41, 5.74) is 0.101. The quantitative estimate of drug-likeness (QED) is 0.711. The van der Waals surface area contributed by atoms with Crippen molar-refractivity contribution in [1.29, 1.82) is 0 Å². The van der Waals surface area contributed by atoms with Gasteiger partial charge in [0.25, 0.3) is 0 Å². The van der Waals surface area contributed by atoms with E-state index in [9.17, 15) is 13.2 Å². The molecule has 7 heteroatoms. The van der Waals surface area contributed by atoms with Gasteiger partial charge in [-0.3, -0.25) is 4.79 Å². The molecule has 1 aliphatic heterocycles. The Morgan fingerprint density at radius 2 is 1.68 bits per heavy atom. The number of hydrogen-bond acceptors (Lipinski definition) is 3. The van der Waals surface area contributed by atoms with Gasteiger partial charge >= 0.3 is 0 Å². The van der Waals surface area contributed by atoms with Crippen LogP contribution in [0.3, 0.4) is 0 Å². The highest BCUT2D eigenvalue weighted by molar-refractivity contribution is 9.10. The van der Waals surface area contributed by atoms with Crippen LogP contribution in [0.25, 0.3) is 0 Å². The van der Waals surface area contributed by atoms with Gasteiger partial charge in [-0.15, -0.1) is 0 Å². The highest BCUT2D eigenvalue weighted by Gasteiger charge is 2.40. The Kier molecular flexibility index (Phi) is 6.57. The summed E-state index contributed by atoms with van der Waals surface area (Å²) < 4.78 is 28.8. The van der Waals surface area contributed by atoms with Gasteiger partial charge in [-0.1, -0.05) is 36.7 Å². The number of carbonyl (C=O) groups excluding carboxylic acids is 1. The zero-order valence-corrected chi connectivity index (χ0v) is 19.4. The monoisotopic (exact) mass is 470 g/mol. The second kappa shape index (κ2) is 8.44. The summed E-state index contributed by atoms with van der Waals surface area (Å²) in [6.07, 6.45) is 5.08. The number of rotatable bonds is 4. The zero-order chi connectivity index (χ0) is 20.5. The van der Waals surface area contributed by atoms with Gasteiger partial charge in [-0.2, -0.15) is 0 Å². The molecule has 1 N–H and O–H groups in total. The molecule has 28 heavy (non-hydrogen) atoms. The number of nitrogens with zero attached hydrogens (tertiary/aromatic N) is 1. The molecular weight excluding hydrogens is 440 g/mol. The first-order chi connectivity index (χ1) is 13.1. The minimum Gasteiger partial charge on any atom is -0.339 e. The van der Waals surface area contributed by atoms with Gasteiger partial charge in [0.05, 0.1) is 4.90 Å². The highest BCUT2D eigenvalue weighted by Crippen LogP contribution is 2.36. The fourth-order valence-electron chi connectivity index (χ4n) is 4.52. The number of benzene rings is 1. The summed E-state index contributed by atoms with van der Waals surface area (Å²) in [6, 6.07) is 6.86. The average molecular weight is 471 g/mol. The van der Waals surface area contributed by atoms with Crippen molar-refractivity contribution < 1.29 is 13.2 Å². The lowest BCUT2D eigenvalue weighted by Gasteiger charge is -2.38. The maximum atomic E-state index is 13.1. The minimum atomic E-state index is -3.52. The van der Waals surface area contributed by atoms with Crippen molar-refractivity contribution in [3.8, 4) is 0 Å². The molecule has 0 radical (unpaired) electrons. The molecule has 1 aromatic carbocycles. The lowest BCUT2D eigenvalue weighted by molar-refractivity contribution is -0.139. The Hall–Kier alpha value is -0.920. The minimum absolute atomic E-state index is 0.0244. The fraction of sp³-hybridized carbons (Fsp3) is 0.667. The Bertz CT molecular complexity index is 794. The van der Waals surface area contributed by atoms with Crippen molar-refractivity contribution in [2.45, 2.75) is 76.3 Å². The summed E-state index contributed by atoms with van der Waals surface area (Å²) in [6.45, 7) is 7.47. The van der Waals surface area contributed by atoms with Gasteiger partial charge in [0, 0.05) is 29.0 Å². The van der Waals surface area contributed by atoms with E-state index >= 15 is 0 Å². The van der Waals surface area contributed by atoms with Crippen LogP contribution >= 0.6 is 15.9 Å². The molecule has 0 unspecified atom stereocenters. The normalized spacial score (nSPS) is 26.4. The van der Waals surface area contributed by atoms with E-state index in [-0.39, 0.29) is 28.2 Å². The highest BCUT2D eigenvalue weighted by atomic mass is 79.9. The Labute approximate surface area is 177 Å². The number of likely N-dealkylation sites (tertiary alicyclic amines) is 1. The first-order valence-electron chi connectivity index (χ1n) is 10.2. The molecule has 0 spiro atoms. The molecule has 5 nitrogen and oxygen atoms in total. The Morgan fingerprint density at radius 3 is 2.25 bits per heavy atom. The molecule has 1 aromatic rings. The van der Waals surface area contributed by atoms with Crippen molar-refractivity contribution in [2.75, 3.05) is 6.54 Å². The number of amides is 1. The van der Waals surface area contributed by atoms with E-state index in [1.54, 1.807) is 24.3 Å². The second-order valence-electron chi connectivity index (χ2n) is 9.18. The number of hydrogen-bond donors (Lipinski definition) is 1. The zero-order valence-electron chi connectivity index (χ0n) is 16.9. The van der Waals surface area contributed by atoms with Crippen molar-refractivity contribution in [1.82, 2.24) is 9.62 Å². The number of sulfonamides is 1. The van der Waals surface area contributed by atoms with Gasteiger partial charge in [-0.05, 0) is 68.2 Å². The van der Waals surface area contributed by atoms with Crippen LogP contribution in [-0.4, -0.2) is 37.9 Å². The molecule has 1 amide bonds. The standard InChI is InChI=1S/C21H31BrN2O3S/c1-21(2,3)19-5-4-14-24(19)20(25)15-6-10-17(11-7-15)23-28(26,27)18-12-8-16(22)9-13-18/h8-9,12-13,15,17,19,23H,4-7,10-11,14H2,1-3H3/t15?,17?,19-/m1/s1. The topological polar surface area (TPSA) is 66.5 Å². The van der Waals surface area contributed by atoms with Crippen LogP contribution in [0.4, 0.5) is 0 Å². The number of halogens is 1. The van der Waals surface area contributed by atoms with E-state index < -0.39 is 10.0 Å². The van der Waals surface area contributed by atoms with Gasteiger partial charge in [-0.25, -0.2) is 13.1 Å². The third kappa shape index (κ3) is 4.97. The summed E-state index contributed by atoms with van der Waals surface area (Å²) >= 11 is 3.32. The first kappa shape index (κ1) is 21.8. The first-order valence-corrected chi connectivity index (χ1v) is 12.4. The lowest BCUT2D eigenvalue weighted by atomic mass is 9.82. The molecule has 1 aliphatic carbocycles. The second-order valence-corrected chi connectivity index (χ2v) is 11.8. The number of nitrogens with one attached hydrogen (secondary N) is 1. The smallest absolute Gasteiger partial charge is 0.240 e. The predicted octanol–water partition coefficient (Wildman–Crippen LogP) is 4.32. The van der Waals surface area contributed by atoms with Crippen molar-refractivity contribution >= 4 is 31.9 Å². The number of carbonyl (C=O) groups is 1. The van der Waals surface area contributed by atoms with Crippen LogP contribution in [0.1, 0.15) is 59.3 Å². The van der Waals surface area contributed by atoms with Crippen LogP contribution in [0, 0.1) is 11.3 Å². The molecule has 1 heterocycles. The molecule has 3 rings (SSSR count). The van der Waals surface area contributed by atoms with E-state index in [0.29, 0.717) is 18.9 Å². The van der Waals surface area contributed by atoms with Crippen molar-refractivity contribution in [3.63, 3.8) is 0 Å². The van der Waals surface area contributed by atoms with Crippen LogP contribution in [0.15, 0.2) is 33.6 Å². The van der Waals surface area contributed by atoms with Crippen molar-refractivity contribution in [2.24, 2.45) is 11.3 Å². The van der Waals surface area contributed by atoms with Gasteiger partial charge in [0.1, 0.15) is 0 Å². The summed E-state index contributed by atoms with van der Waals surface area (Å²) in [7, 11) is -3.52. The third-order valence-corrected chi connectivity index (χ3v) is 8.12. The molecule has 156 valence electrons. The van der Waals surface area contributed by atoms with E-state index in [1.807, 2.05) is 0 Å². The van der Waals surface area contributed by atoms with Crippen LogP contribution in [-0.2, 0) is 14.8 Å². The SMILES string of the molecule is CC(C)(C)[C@H]1CCCN1C(=O)C1CCC(NS(=O)(=O)c2ccc(Br)cc2)CC1. The maximum Gasteiger partial charge on any atom is 0.240 e.